The van der Waals surface area contributed by atoms with Crippen LogP contribution in [0.3, 0.4) is 0 Å². The highest BCUT2D eigenvalue weighted by Gasteiger charge is 2.26. The van der Waals surface area contributed by atoms with Gasteiger partial charge >= 0.3 is 0 Å². The lowest BCUT2D eigenvalue weighted by molar-refractivity contribution is -0.000887. The van der Waals surface area contributed by atoms with E-state index in [4.69, 9.17) is 14.2 Å². The van der Waals surface area contributed by atoms with Crippen LogP contribution >= 0.6 is 0 Å². The van der Waals surface area contributed by atoms with Crippen molar-refractivity contribution in [1.82, 2.24) is 0 Å². The Bertz CT molecular complexity index is 728. The van der Waals surface area contributed by atoms with Crippen LogP contribution in [0.5, 0.6) is 23.0 Å². The molecule has 2 aromatic rings. The van der Waals surface area contributed by atoms with Crippen molar-refractivity contribution in [2.45, 2.75) is 26.1 Å². The molecule has 0 saturated carbocycles. The lowest BCUT2D eigenvalue weighted by Crippen LogP contribution is -2.29. The fraction of sp³-hybridized carbons (Fsp3) is 0.368. The Kier molecular flexibility index (Phi) is 6.12. The zero-order valence-corrected chi connectivity index (χ0v) is 14.8. The molecule has 2 unspecified atom stereocenters. The van der Waals surface area contributed by atoms with Gasteiger partial charge in [-0.2, -0.15) is 0 Å². The Morgan fingerprint density at radius 3 is 2.28 bits per heavy atom. The molecule has 3 N–H and O–H groups in total. The highest BCUT2D eigenvalue weighted by Crippen LogP contribution is 2.36. The van der Waals surface area contributed by atoms with E-state index in [9.17, 15) is 15.3 Å². The summed E-state index contributed by atoms with van der Waals surface area (Å²) in [6.45, 7) is 3.15. The molecule has 25 heavy (non-hydrogen) atoms. The van der Waals surface area contributed by atoms with Crippen molar-refractivity contribution in [3.05, 3.63) is 47.0 Å². The van der Waals surface area contributed by atoms with Gasteiger partial charge in [-0.05, 0) is 48.7 Å². The number of aromatic hydroxyl groups is 1. The van der Waals surface area contributed by atoms with Crippen molar-refractivity contribution in [2.24, 2.45) is 0 Å². The highest BCUT2D eigenvalue weighted by molar-refractivity contribution is 5.49. The molecule has 0 bridgehead atoms. The van der Waals surface area contributed by atoms with E-state index in [1.54, 1.807) is 19.1 Å². The molecule has 2 atom stereocenters. The molecule has 2 rings (SSSR count). The SMILES string of the molecule is COc1cc(C(O)C(CO)Oc2c(C)cccc2OC)cc(C)c1O. The summed E-state index contributed by atoms with van der Waals surface area (Å²) >= 11 is 0. The Labute approximate surface area is 147 Å². The number of aryl methyl sites for hydroxylation is 2. The lowest BCUT2D eigenvalue weighted by atomic mass is 10.0. The van der Waals surface area contributed by atoms with Gasteiger partial charge in [0.25, 0.3) is 0 Å². The fourth-order valence-electron chi connectivity index (χ4n) is 2.61. The first-order chi connectivity index (χ1) is 11.9. The first-order valence-electron chi connectivity index (χ1n) is 7.89. The zero-order chi connectivity index (χ0) is 18.6. The second-order valence-electron chi connectivity index (χ2n) is 5.78. The number of phenols is 1. The summed E-state index contributed by atoms with van der Waals surface area (Å²) in [7, 11) is 2.96. The molecular weight excluding hydrogens is 324 g/mol. The predicted octanol–water partition coefficient (Wildman–Crippen LogP) is 2.50. The Morgan fingerprint density at radius 1 is 1.00 bits per heavy atom. The van der Waals surface area contributed by atoms with Crippen molar-refractivity contribution in [3.8, 4) is 23.0 Å². The molecule has 0 heterocycles. The number of benzene rings is 2. The minimum Gasteiger partial charge on any atom is -0.504 e. The van der Waals surface area contributed by atoms with Crippen LogP contribution in [0.15, 0.2) is 30.3 Å². The Hall–Kier alpha value is -2.44. The van der Waals surface area contributed by atoms with Gasteiger partial charge in [-0.15, -0.1) is 0 Å². The summed E-state index contributed by atoms with van der Waals surface area (Å²) in [5.74, 6) is 1.25. The summed E-state index contributed by atoms with van der Waals surface area (Å²) in [5.41, 5.74) is 1.85. The smallest absolute Gasteiger partial charge is 0.164 e. The Morgan fingerprint density at radius 2 is 1.68 bits per heavy atom. The lowest BCUT2D eigenvalue weighted by Gasteiger charge is -2.25. The van der Waals surface area contributed by atoms with Gasteiger partial charge in [0.2, 0.25) is 0 Å². The second-order valence-corrected chi connectivity index (χ2v) is 5.78. The average molecular weight is 348 g/mol. The van der Waals surface area contributed by atoms with Crippen molar-refractivity contribution in [2.75, 3.05) is 20.8 Å². The topological polar surface area (TPSA) is 88.4 Å². The number of hydrogen-bond donors (Lipinski definition) is 3. The van der Waals surface area contributed by atoms with Crippen molar-refractivity contribution in [3.63, 3.8) is 0 Å². The van der Waals surface area contributed by atoms with Crippen LogP contribution in [-0.4, -0.2) is 42.3 Å². The molecule has 0 spiro atoms. The molecule has 0 aliphatic rings. The van der Waals surface area contributed by atoms with E-state index in [1.165, 1.54) is 20.3 Å². The largest absolute Gasteiger partial charge is 0.504 e. The molecule has 2 aromatic carbocycles. The van der Waals surface area contributed by atoms with Crippen molar-refractivity contribution in [1.29, 1.82) is 0 Å². The quantitative estimate of drug-likeness (QED) is 0.712. The van der Waals surface area contributed by atoms with Gasteiger partial charge in [-0.1, -0.05) is 12.1 Å². The first kappa shape index (κ1) is 18.9. The third-order valence-corrected chi connectivity index (χ3v) is 4.05. The number of phenolic OH excluding ortho intramolecular Hbond substituents is 1. The summed E-state index contributed by atoms with van der Waals surface area (Å²) < 4.78 is 16.3. The molecule has 0 saturated heterocycles. The second kappa shape index (κ2) is 8.09. The van der Waals surface area contributed by atoms with E-state index in [2.05, 4.69) is 0 Å². The molecule has 0 amide bonds. The van der Waals surface area contributed by atoms with Gasteiger partial charge in [-0.25, -0.2) is 0 Å². The first-order valence-corrected chi connectivity index (χ1v) is 7.89. The van der Waals surface area contributed by atoms with Crippen molar-refractivity contribution >= 4 is 0 Å². The molecule has 0 aliphatic carbocycles. The number of aliphatic hydroxyl groups is 2. The van der Waals surface area contributed by atoms with Crippen LogP contribution in [-0.2, 0) is 0 Å². The minimum atomic E-state index is -1.12. The minimum absolute atomic E-state index is 0.0143. The monoisotopic (exact) mass is 348 g/mol. The van der Waals surface area contributed by atoms with Crippen LogP contribution in [0.25, 0.3) is 0 Å². The molecule has 136 valence electrons. The predicted molar refractivity (Wildman–Crippen MR) is 93.6 cm³/mol. The van der Waals surface area contributed by atoms with E-state index in [0.717, 1.165) is 5.56 Å². The molecule has 0 aliphatic heterocycles. The molecule has 6 heteroatoms. The Balaban J connectivity index is 2.34. The van der Waals surface area contributed by atoms with Crippen LogP contribution < -0.4 is 14.2 Å². The molecule has 6 nitrogen and oxygen atoms in total. The van der Waals surface area contributed by atoms with E-state index in [0.29, 0.717) is 22.6 Å². The van der Waals surface area contributed by atoms with Gasteiger partial charge in [0.05, 0.1) is 20.8 Å². The van der Waals surface area contributed by atoms with Gasteiger partial charge < -0.3 is 29.5 Å². The number of rotatable bonds is 7. The summed E-state index contributed by atoms with van der Waals surface area (Å²) in [6.07, 6.45) is -2.04. The summed E-state index contributed by atoms with van der Waals surface area (Å²) in [4.78, 5) is 0. The highest BCUT2D eigenvalue weighted by atomic mass is 16.5. The molecule has 0 fully saturated rings. The van der Waals surface area contributed by atoms with Gasteiger partial charge in [0, 0.05) is 0 Å². The van der Waals surface area contributed by atoms with E-state index in [1.807, 2.05) is 19.1 Å². The fourth-order valence-corrected chi connectivity index (χ4v) is 2.61. The zero-order valence-electron chi connectivity index (χ0n) is 14.8. The van der Waals surface area contributed by atoms with E-state index in [-0.39, 0.29) is 11.5 Å². The number of aliphatic hydroxyl groups excluding tert-OH is 2. The van der Waals surface area contributed by atoms with Crippen LogP contribution in [0.1, 0.15) is 22.8 Å². The van der Waals surface area contributed by atoms with Gasteiger partial charge in [0.1, 0.15) is 6.10 Å². The van der Waals surface area contributed by atoms with Gasteiger partial charge in [-0.3, -0.25) is 0 Å². The van der Waals surface area contributed by atoms with E-state index >= 15 is 0 Å². The maximum atomic E-state index is 10.7. The number of para-hydroxylation sites is 1. The standard InChI is InChI=1S/C19H24O6/c1-11-6-5-7-14(23-3)19(11)25-16(10-20)18(22)13-8-12(2)17(21)15(9-13)24-4/h5-9,16,18,20-22H,10H2,1-4H3. The molecule has 0 radical (unpaired) electrons. The average Bonchev–Trinajstić information content (AvgIpc) is 2.62. The van der Waals surface area contributed by atoms with Crippen molar-refractivity contribution < 1.29 is 29.5 Å². The summed E-state index contributed by atoms with van der Waals surface area (Å²) in [5, 5.41) is 30.3. The van der Waals surface area contributed by atoms with Crippen LogP contribution in [0.2, 0.25) is 0 Å². The molecular formula is C19H24O6. The number of ether oxygens (including phenoxy) is 3. The van der Waals surface area contributed by atoms with E-state index < -0.39 is 18.8 Å². The maximum absolute atomic E-state index is 10.7. The maximum Gasteiger partial charge on any atom is 0.164 e. The normalized spacial score (nSPS) is 13.2. The van der Waals surface area contributed by atoms with Gasteiger partial charge in [0.15, 0.2) is 29.1 Å². The van der Waals surface area contributed by atoms with Crippen LogP contribution in [0.4, 0.5) is 0 Å². The number of methoxy groups -OCH3 is 2. The number of hydrogen-bond acceptors (Lipinski definition) is 6. The molecule has 0 aromatic heterocycles. The summed E-state index contributed by atoms with van der Waals surface area (Å²) in [6, 6.07) is 8.58. The van der Waals surface area contributed by atoms with Crippen LogP contribution in [0, 0.1) is 13.8 Å². The third-order valence-electron chi connectivity index (χ3n) is 4.05. The third kappa shape index (κ3) is 3.97.